The van der Waals surface area contributed by atoms with Crippen molar-refractivity contribution in [3.8, 4) is 5.75 Å². The Morgan fingerprint density at radius 1 is 1.50 bits per heavy atom. The molecular formula is C12H16N2O2. The van der Waals surface area contributed by atoms with Crippen molar-refractivity contribution in [2.24, 2.45) is 11.5 Å². The van der Waals surface area contributed by atoms with Crippen LogP contribution in [0, 0.1) is 0 Å². The number of rotatable bonds is 3. The Bertz CT molecular complexity index is 404. The molecule has 1 unspecified atom stereocenters. The van der Waals surface area contributed by atoms with Gasteiger partial charge in [-0.05, 0) is 36.5 Å². The van der Waals surface area contributed by atoms with Gasteiger partial charge in [-0.25, -0.2) is 0 Å². The van der Waals surface area contributed by atoms with E-state index in [-0.39, 0.29) is 0 Å². The molecule has 1 aliphatic rings. The summed E-state index contributed by atoms with van der Waals surface area (Å²) in [5.74, 6) is 0.483. The maximum atomic E-state index is 10.9. The molecule has 1 aliphatic heterocycles. The number of aryl methyl sites for hydroxylation is 1. The first-order chi connectivity index (χ1) is 7.66. The van der Waals surface area contributed by atoms with Gasteiger partial charge in [0.15, 0.2) is 0 Å². The summed E-state index contributed by atoms with van der Waals surface area (Å²) in [6.45, 7) is 0.785. The Morgan fingerprint density at radius 2 is 2.31 bits per heavy atom. The van der Waals surface area contributed by atoms with Crippen LogP contribution in [0.3, 0.4) is 0 Å². The number of amides is 1. The SMILES string of the molecule is NC(=O)C(N)Cc1ccc2c(c1)CCCO2. The molecular weight excluding hydrogens is 204 g/mol. The molecule has 2 rings (SSSR count). The van der Waals surface area contributed by atoms with Crippen LogP contribution in [-0.2, 0) is 17.6 Å². The van der Waals surface area contributed by atoms with Gasteiger partial charge < -0.3 is 16.2 Å². The zero-order valence-electron chi connectivity index (χ0n) is 9.11. The number of benzene rings is 1. The van der Waals surface area contributed by atoms with Crippen molar-refractivity contribution in [1.29, 1.82) is 0 Å². The van der Waals surface area contributed by atoms with Crippen molar-refractivity contribution in [1.82, 2.24) is 0 Å². The van der Waals surface area contributed by atoms with Crippen molar-refractivity contribution < 1.29 is 9.53 Å². The third kappa shape index (κ3) is 2.33. The van der Waals surface area contributed by atoms with E-state index in [1.807, 2.05) is 12.1 Å². The lowest BCUT2D eigenvalue weighted by Gasteiger charge is -2.18. The molecule has 4 nitrogen and oxygen atoms in total. The molecule has 0 saturated heterocycles. The van der Waals surface area contributed by atoms with E-state index >= 15 is 0 Å². The lowest BCUT2D eigenvalue weighted by molar-refractivity contribution is -0.119. The van der Waals surface area contributed by atoms with Crippen LogP contribution in [0.4, 0.5) is 0 Å². The van der Waals surface area contributed by atoms with E-state index in [9.17, 15) is 4.79 Å². The number of ether oxygens (including phenoxy) is 1. The van der Waals surface area contributed by atoms with Gasteiger partial charge in [0, 0.05) is 0 Å². The predicted molar refractivity (Wildman–Crippen MR) is 61.1 cm³/mol. The van der Waals surface area contributed by atoms with Gasteiger partial charge in [0.1, 0.15) is 5.75 Å². The van der Waals surface area contributed by atoms with Crippen molar-refractivity contribution in [3.05, 3.63) is 29.3 Å². The van der Waals surface area contributed by atoms with Gasteiger partial charge in [0.2, 0.25) is 5.91 Å². The third-order valence-electron chi connectivity index (χ3n) is 2.79. The second kappa shape index (κ2) is 4.53. The van der Waals surface area contributed by atoms with Crippen LogP contribution < -0.4 is 16.2 Å². The van der Waals surface area contributed by atoms with Crippen LogP contribution in [-0.4, -0.2) is 18.6 Å². The Balaban J connectivity index is 2.14. The van der Waals surface area contributed by atoms with Crippen molar-refractivity contribution >= 4 is 5.91 Å². The molecule has 86 valence electrons. The number of carbonyl (C=O) groups is 1. The molecule has 16 heavy (non-hydrogen) atoms. The summed E-state index contributed by atoms with van der Waals surface area (Å²) in [4.78, 5) is 10.9. The summed E-state index contributed by atoms with van der Waals surface area (Å²) in [6.07, 6.45) is 2.55. The quantitative estimate of drug-likeness (QED) is 0.772. The predicted octanol–water partition coefficient (Wildman–Crippen LogP) is 0.367. The lowest BCUT2D eigenvalue weighted by Crippen LogP contribution is -2.38. The zero-order valence-corrected chi connectivity index (χ0v) is 9.11. The van der Waals surface area contributed by atoms with Crippen LogP contribution in [0.5, 0.6) is 5.75 Å². The first-order valence-corrected chi connectivity index (χ1v) is 5.46. The maximum Gasteiger partial charge on any atom is 0.234 e. The van der Waals surface area contributed by atoms with E-state index in [1.165, 1.54) is 5.56 Å². The van der Waals surface area contributed by atoms with Crippen LogP contribution in [0.25, 0.3) is 0 Å². The monoisotopic (exact) mass is 220 g/mol. The number of nitrogens with two attached hydrogens (primary N) is 2. The Kier molecular flexibility index (Phi) is 3.10. The van der Waals surface area contributed by atoms with Gasteiger partial charge in [-0.2, -0.15) is 0 Å². The number of hydrogen-bond acceptors (Lipinski definition) is 3. The van der Waals surface area contributed by atoms with Gasteiger partial charge >= 0.3 is 0 Å². The molecule has 0 saturated carbocycles. The van der Waals surface area contributed by atoms with Gasteiger partial charge in [-0.15, -0.1) is 0 Å². The molecule has 0 fully saturated rings. The molecule has 0 aliphatic carbocycles. The molecule has 1 amide bonds. The molecule has 1 aromatic rings. The second-order valence-electron chi connectivity index (χ2n) is 4.11. The van der Waals surface area contributed by atoms with E-state index < -0.39 is 11.9 Å². The van der Waals surface area contributed by atoms with E-state index in [2.05, 4.69) is 6.07 Å². The third-order valence-corrected chi connectivity index (χ3v) is 2.79. The van der Waals surface area contributed by atoms with Crippen LogP contribution >= 0.6 is 0 Å². The highest BCUT2D eigenvalue weighted by molar-refractivity contribution is 5.79. The fourth-order valence-corrected chi connectivity index (χ4v) is 1.90. The molecule has 1 atom stereocenters. The smallest absolute Gasteiger partial charge is 0.234 e. The van der Waals surface area contributed by atoms with Gasteiger partial charge in [-0.1, -0.05) is 12.1 Å². The first-order valence-electron chi connectivity index (χ1n) is 5.46. The average molecular weight is 220 g/mol. The van der Waals surface area contributed by atoms with Crippen LogP contribution in [0.15, 0.2) is 18.2 Å². The molecule has 1 aromatic carbocycles. The topological polar surface area (TPSA) is 78.3 Å². The lowest BCUT2D eigenvalue weighted by atomic mass is 9.99. The Labute approximate surface area is 94.6 Å². The molecule has 4 heteroatoms. The number of carbonyl (C=O) groups excluding carboxylic acids is 1. The minimum atomic E-state index is -0.609. The Hall–Kier alpha value is -1.55. The van der Waals surface area contributed by atoms with E-state index in [1.54, 1.807) is 0 Å². The van der Waals surface area contributed by atoms with Crippen LogP contribution in [0.2, 0.25) is 0 Å². The minimum absolute atomic E-state index is 0.464. The molecule has 0 bridgehead atoms. The number of primary amides is 1. The minimum Gasteiger partial charge on any atom is -0.493 e. The van der Waals surface area contributed by atoms with Crippen molar-refractivity contribution in [2.75, 3.05) is 6.61 Å². The summed E-state index contributed by atoms with van der Waals surface area (Å²) >= 11 is 0. The standard InChI is InChI=1S/C12H16N2O2/c13-10(12(14)15)7-8-3-4-11-9(6-8)2-1-5-16-11/h3-4,6,10H,1-2,5,7,13H2,(H2,14,15). The largest absolute Gasteiger partial charge is 0.493 e. The summed E-state index contributed by atoms with van der Waals surface area (Å²) in [5, 5.41) is 0. The zero-order chi connectivity index (χ0) is 11.5. The van der Waals surface area contributed by atoms with Gasteiger partial charge in [-0.3, -0.25) is 4.79 Å². The fourth-order valence-electron chi connectivity index (χ4n) is 1.90. The van der Waals surface area contributed by atoms with Crippen LogP contribution in [0.1, 0.15) is 17.5 Å². The van der Waals surface area contributed by atoms with E-state index in [0.717, 1.165) is 30.8 Å². The highest BCUT2D eigenvalue weighted by atomic mass is 16.5. The maximum absolute atomic E-state index is 10.9. The molecule has 0 spiro atoms. The van der Waals surface area contributed by atoms with E-state index in [0.29, 0.717) is 6.42 Å². The molecule has 4 N–H and O–H groups in total. The summed E-state index contributed by atoms with van der Waals surface area (Å²) in [6, 6.07) is 5.32. The highest BCUT2D eigenvalue weighted by Crippen LogP contribution is 2.25. The number of fused-ring (bicyclic) bond motifs is 1. The normalized spacial score (nSPS) is 16.1. The summed E-state index contributed by atoms with van der Waals surface area (Å²) in [5.41, 5.74) is 13.0. The van der Waals surface area contributed by atoms with Gasteiger partial charge in [0.05, 0.1) is 12.6 Å². The first kappa shape index (κ1) is 11.0. The average Bonchev–Trinajstić information content (AvgIpc) is 2.28. The van der Waals surface area contributed by atoms with Crippen molar-refractivity contribution in [2.45, 2.75) is 25.3 Å². The molecule has 1 heterocycles. The Morgan fingerprint density at radius 3 is 3.06 bits per heavy atom. The van der Waals surface area contributed by atoms with Gasteiger partial charge in [0.25, 0.3) is 0 Å². The number of hydrogen-bond donors (Lipinski definition) is 2. The summed E-state index contributed by atoms with van der Waals surface area (Å²) in [7, 11) is 0. The fraction of sp³-hybridized carbons (Fsp3) is 0.417. The second-order valence-corrected chi connectivity index (χ2v) is 4.11. The highest BCUT2D eigenvalue weighted by Gasteiger charge is 2.14. The summed E-state index contributed by atoms with van der Waals surface area (Å²) < 4.78 is 5.51. The molecule has 0 aromatic heterocycles. The molecule has 0 radical (unpaired) electrons. The van der Waals surface area contributed by atoms with E-state index in [4.69, 9.17) is 16.2 Å². The van der Waals surface area contributed by atoms with Crippen molar-refractivity contribution in [3.63, 3.8) is 0 Å².